The van der Waals surface area contributed by atoms with Crippen LogP contribution in [0.3, 0.4) is 0 Å². The van der Waals surface area contributed by atoms with Gasteiger partial charge in [-0.05, 0) is 58.5 Å². The first-order chi connectivity index (χ1) is 13.0. The van der Waals surface area contributed by atoms with Gasteiger partial charge in [0.15, 0.2) is 23.0 Å². The molecule has 1 amide bonds. The number of halogens is 1. The van der Waals surface area contributed by atoms with Crippen LogP contribution in [0.1, 0.15) is 15.9 Å². The predicted octanol–water partition coefficient (Wildman–Crippen LogP) is 3.34. The van der Waals surface area contributed by atoms with Crippen LogP contribution in [0.4, 0.5) is 0 Å². The Balaban J connectivity index is 2.10. The van der Waals surface area contributed by atoms with Gasteiger partial charge in [-0.2, -0.15) is 5.10 Å². The van der Waals surface area contributed by atoms with E-state index in [1.54, 1.807) is 36.4 Å². The second-order valence-electron chi connectivity index (χ2n) is 5.22. The Bertz CT molecular complexity index is 867. The molecule has 0 aliphatic rings. The molecule has 7 nitrogen and oxygen atoms in total. The zero-order chi connectivity index (χ0) is 19.8. The summed E-state index contributed by atoms with van der Waals surface area (Å²) in [5.41, 5.74) is 3.48. The first kappa shape index (κ1) is 20.6. The molecule has 2 rings (SSSR count). The number of rotatable bonds is 8. The molecular weight excluding hydrogens is 463 g/mol. The predicted molar refractivity (Wildman–Crippen MR) is 111 cm³/mol. The molecule has 0 saturated heterocycles. The molecule has 2 aromatic rings. The SMILES string of the molecule is C=CCOc1ccc(C(=O)N/N=C/c2cc(I)c(O)c(OC)c2)cc1OC. The Morgan fingerprint density at radius 2 is 1.96 bits per heavy atom. The molecule has 142 valence electrons. The van der Waals surface area contributed by atoms with E-state index in [2.05, 4.69) is 17.1 Å². The molecule has 2 aromatic carbocycles. The smallest absolute Gasteiger partial charge is 0.271 e. The summed E-state index contributed by atoms with van der Waals surface area (Å²) in [7, 11) is 2.96. The van der Waals surface area contributed by atoms with Gasteiger partial charge < -0.3 is 19.3 Å². The molecule has 2 N–H and O–H groups in total. The van der Waals surface area contributed by atoms with Crippen LogP contribution in [-0.2, 0) is 0 Å². The number of methoxy groups -OCH3 is 2. The molecule has 0 atom stereocenters. The zero-order valence-corrected chi connectivity index (χ0v) is 17.0. The molecule has 0 spiro atoms. The van der Waals surface area contributed by atoms with E-state index in [9.17, 15) is 9.90 Å². The van der Waals surface area contributed by atoms with Crippen LogP contribution in [0.5, 0.6) is 23.0 Å². The van der Waals surface area contributed by atoms with E-state index in [1.165, 1.54) is 20.4 Å². The third kappa shape index (κ3) is 5.36. The quantitative estimate of drug-likeness (QED) is 0.261. The van der Waals surface area contributed by atoms with Gasteiger partial charge in [-0.3, -0.25) is 4.79 Å². The summed E-state index contributed by atoms with van der Waals surface area (Å²) >= 11 is 1.98. The summed E-state index contributed by atoms with van der Waals surface area (Å²) < 4.78 is 16.4. The molecule has 0 aromatic heterocycles. The highest BCUT2D eigenvalue weighted by Gasteiger charge is 2.11. The number of benzene rings is 2. The van der Waals surface area contributed by atoms with Gasteiger partial charge in [0.2, 0.25) is 0 Å². The summed E-state index contributed by atoms with van der Waals surface area (Å²) in [5, 5.41) is 13.8. The van der Waals surface area contributed by atoms with E-state index in [4.69, 9.17) is 14.2 Å². The maximum absolute atomic E-state index is 12.3. The number of nitrogens with one attached hydrogen (secondary N) is 1. The van der Waals surface area contributed by atoms with Crippen LogP contribution in [0.15, 0.2) is 48.1 Å². The maximum Gasteiger partial charge on any atom is 0.271 e. The lowest BCUT2D eigenvalue weighted by Gasteiger charge is -2.10. The number of phenolic OH excluding ortho intramolecular Hbond substituents is 1. The highest BCUT2D eigenvalue weighted by atomic mass is 127. The van der Waals surface area contributed by atoms with Crippen LogP contribution in [0.25, 0.3) is 0 Å². The van der Waals surface area contributed by atoms with E-state index in [-0.39, 0.29) is 5.75 Å². The molecule has 0 radical (unpaired) electrons. The lowest BCUT2D eigenvalue weighted by atomic mass is 10.2. The standard InChI is InChI=1S/C19H19IN2O5/c1-4-7-27-15-6-5-13(10-16(15)25-2)19(24)22-21-11-12-8-14(20)18(23)17(9-12)26-3/h4-6,8-11,23H,1,7H2,2-3H3,(H,22,24)/b21-11+. The Hall–Kier alpha value is -2.75. The minimum atomic E-state index is -0.403. The van der Waals surface area contributed by atoms with E-state index in [1.807, 2.05) is 22.6 Å². The highest BCUT2D eigenvalue weighted by molar-refractivity contribution is 14.1. The summed E-state index contributed by atoms with van der Waals surface area (Å²) in [6, 6.07) is 8.15. The maximum atomic E-state index is 12.3. The molecule has 0 fully saturated rings. The third-order valence-corrected chi connectivity index (χ3v) is 4.26. The summed E-state index contributed by atoms with van der Waals surface area (Å²) in [6.45, 7) is 3.92. The second-order valence-corrected chi connectivity index (χ2v) is 6.38. The number of aromatic hydroxyl groups is 1. The number of hydrogen-bond donors (Lipinski definition) is 2. The van der Waals surface area contributed by atoms with Crippen molar-refractivity contribution in [3.63, 3.8) is 0 Å². The summed E-state index contributed by atoms with van der Waals surface area (Å²) in [5.74, 6) is 0.939. The second kappa shape index (κ2) is 9.81. The first-order valence-electron chi connectivity index (χ1n) is 7.81. The van der Waals surface area contributed by atoms with E-state index < -0.39 is 5.91 Å². The van der Waals surface area contributed by atoms with Crippen molar-refractivity contribution >= 4 is 34.7 Å². The summed E-state index contributed by atoms with van der Waals surface area (Å²) in [4.78, 5) is 12.3. The fourth-order valence-corrected chi connectivity index (χ4v) is 2.76. The van der Waals surface area contributed by atoms with Gasteiger partial charge in [-0.1, -0.05) is 12.7 Å². The number of carbonyl (C=O) groups is 1. The number of ether oxygens (including phenoxy) is 3. The van der Waals surface area contributed by atoms with Gasteiger partial charge in [0, 0.05) is 5.56 Å². The first-order valence-corrected chi connectivity index (χ1v) is 8.89. The average molecular weight is 482 g/mol. The highest BCUT2D eigenvalue weighted by Crippen LogP contribution is 2.32. The van der Waals surface area contributed by atoms with Gasteiger partial charge in [-0.25, -0.2) is 5.43 Å². The third-order valence-electron chi connectivity index (χ3n) is 3.43. The topological polar surface area (TPSA) is 89.4 Å². The van der Waals surface area contributed by atoms with Crippen LogP contribution in [0.2, 0.25) is 0 Å². The largest absolute Gasteiger partial charge is 0.504 e. The fourth-order valence-electron chi connectivity index (χ4n) is 2.13. The Labute approximate surface area is 170 Å². The van der Waals surface area contributed by atoms with Crippen molar-refractivity contribution in [3.05, 3.63) is 57.7 Å². The monoisotopic (exact) mass is 482 g/mol. The fraction of sp³-hybridized carbons (Fsp3) is 0.158. The summed E-state index contributed by atoms with van der Waals surface area (Å²) in [6.07, 6.45) is 3.08. The number of nitrogens with zero attached hydrogens (tertiary/aromatic N) is 1. The minimum Gasteiger partial charge on any atom is -0.504 e. The van der Waals surface area contributed by atoms with Gasteiger partial charge in [0.05, 0.1) is 24.0 Å². The molecule has 0 unspecified atom stereocenters. The van der Waals surface area contributed by atoms with Gasteiger partial charge in [0.1, 0.15) is 6.61 Å². The van der Waals surface area contributed by atoms with Crippen molar-refractivity contribution < 1.29 is 24.1 Å². The van der Waals surface area contributed by atoms with Crippen molar-refractivity contribution in [1.29, 1.82) is 0 Å². The Morgan fingerprint density at radius 3 is 2.63 bits per heavy atom. The van der Waals surface area contributed by atoms with Crippen molar-refractivity contribution in [2.24, 2.45) is 5.10 Å². The van der Waals surface area contributed by atoms with Crippen molar-refractivity contribution in [2.45, 2.75) is 0 Å². The van der Waals surface area contributed by atoms with Crippen LogP contribution < -0.4 is 19.6 Å². The van der Waals surface area contributed by atoms with Gasteiger partial charge >= 0.3 is 0 Å². The number of hydrogen-bond acceptors (Lipinski definition) is 6. The molecule has 0 heterocycles. The van der Waals surface area contributed by atoms with Gasteiger partial charge in [0.25, 0.3) is 5.91 Å². The number of phenols is 1. The molecule has 27 heavy (non-hydrogen) atoms. The molecule has 0 saturated carbocycles. The van der Waals surface area contributed by atoms with Crippen molar-refractivity contribution in [3.8, 4) is 23.0 Å². The zero-order valence-electron chi connectivity index (χ0n) is 14.9. The Morgan fingerprint density at radius 1 is 1.22 bits per heavy atom. The minimum absolute atomic E-state index is 0.0603. The molecule has 0 bridgehead atoms. The molecule has 0 aliphatic heterocycles. The number of amides is 1. The average Bonchev–Trinajstić information content (AvgIpc) is 2.68. The molecule has 8 heteroatoms. The van der Waals surface area contributed by atoms with E-state index in [0.717, 1.165) is 0 Å². The van der Waals surface area contributed by atoms with Crippen LogP contribution in [-0.4, -0.2) is 38.1 Å². The number of carbonyl (C=O) groups excluding carboxylic acids is 1. The van der Waals surface area contributed by atoms with Crippen molar-refractivity contribution in [2.75, 3.05) is 20.8 Å². The molecular formula is C19H19IN2O5. The van der Waals surface area contributed by atoms with Crippen LogP contribution in [0, 0.1) is 3.57 Å². The van der Waals surface area contributed by atoms with E-state index >= 15 is 0 Å². The van der Waals surface area contributed by atoms with Crippen molar-refractivity contribution in [1.82, 2.24) is 5.43 Å². The number of hydrazone groups is 1. The van der Waals surface area contributed by atoms with Crippen LogP contribution >= 0.6 is 22.6 Å². The lowest BCUT2D eigenvalue weighted by Crippen LogP contribution is -2.17. The van der Waals surface area contributed by atoms with E-state index in [0.29, 0.717) is 38.6 Å². The lowest BCUT2D eigenvalue weighted by molar-refractivity contribution is 0.0954. The molecule has 0 aliphatic carbocycles. The Kier molecular flexibility index (Phi) is 7.47. The van der Waals surface area contributed by atoms with Gasteiger partial charge in [-0.15, -0.1) is 0 Å². The normalized spacial score (nSPS) is 10.5.